The number of pyridine rings is 1. The molecule has 1 fully saturated rings. The van der Waals surface area contributed by atoms with Gasteiger partial charge in [0, 0.05) is 25.5 Å². The van der Waals surface area contributed by atoms with Crippen molar-refractivity contribution in [2.75, 3.05) is 13.1 Å². The van der Waals surface area contributed by atoms with Gasteiger partial charge in [0.2, 0.25) is 0 Å². The van der Waals surface area contributed by atoms with Crippen molar-refractivity contribution in [2.24, 2.45) is 7.05 Å². The fourth-order valence-corrected chi connectivity index (χ4v) is 2.90. The Morgan fingerprint density at radius 3 is 3.12 bits per heavy atom. The molecule has 2 aromatic rings. The van der Waals surface area contributed by atoms with E-state index in [2.05, 4.69) is 47.2 Å². The van der Waals surface area contributed by atoms with Gasteiger partial charge in [0.15, 0.2) is 0 Å². The number of fused-ring (bicyclic) bond motifs is 1. The third-order valence-corrected chi connectivity index (χ3v) is 3.72. The molecule has 0 aromatic carbocycles. The monoisotopic (exact) mass is 229 g/mol. The quantitative estimate of drug-likeness (QED) is 0.813. The summed E-state index contributed by atoms with van der Waals surface area (Å²) in [6.07, 6.45) is 4.67. The van der Waals surface area contributed by atoms with Crippen LogP contribution in [-0.4, -0.2) is 22.6 Å². The van der Waals surface area contributed by atoms with Gasteiger partial charge in [-0.15, -0.1) is 0 Å². The maximum absolute atomic E-state index is 4.61. The molecule has 90 valence electrons. The summed E-state index contributed by atoms with van der Waals surface area (Å²) in [6.45, 7) is 4.35. The smallest absolute Gasteiger partial charge is 0.0886 e. The molecule has 3 rings (SSSR count). The lowest BCUT2D eigenvalue weighted by molar-refractivity contribution is 0.462. The molecule has 0 amide bonds. The van der Waals surface area contributed by atoms with Crippen molar-refractivity contribution in [3.05, 3.63) is 29.6 Å². The molecular weight excluding hydrogens is 210 g/mol. The second-order valence-electron chi connectivity index (χ2n) is 5.06. The largest absolute Gasteiger partial charge is 0.349 e. The molecule has 3 nitrogen and oxygen atoms in total. The third-order valence-electron chi connectivity index (χ3n) is 3.72. The molecule has 1 saturated heterocycles. The van der Waals surface area contributed by atoms with Gasteiger partial charge >= 0.3 is 0 Å². The number of nitrogens with zero attached hydrogens (tertiary/aromatic N) is 2. The van der Waals surface area contributed by atoms with Crippen LogP contribution in [0.4, 0.5) is 0 Å². The van der Waals surface area contributed by atoms with Crippen molar-refractivity contribution in [3.63, 3.8) is 0 Å². The molecule has 0 aliphatic carbocycles. The predicted octanol–water partition coefficient (Wildman–Crippen LogP) is 2.35. The zero-order valence-electron chi connectivity index (χ0n) is 10.5. The molecular formula is C14H19N3. The van der Waals surface area contributed by atoms with E-state index in [1.807, 2.05) is 0 Å². The van der Waals surface area contributed by atoms with Crippen LogP contribution in [0.25, 0.3) is 11.0 Å². The van der Waals surface area contributed by atoms with E-state index in [0.29, 0.717) is 5.92 Å². The van der Waals surface area contributed by atoms with E-state index in [1.54, 1.807) is 0 Å². The number of piperidine rings is 1. The summed E-state index contributed by atoms with van der Waals surface area (Å²) in [5.41, 5.74) is 5.04. The topological polar surface area (TPSA) is 29.9 Å². The second kappa shape index (κ2) is 4.15. The van der Waals surface area contributed by atoms with Gasteiger partial charge in [-0.05, 0) is 49.9 Å². The molecule has 1 aliphatic rings. The number of aryl methyl sites for hydroxylation is 2. The predicted molar refractivity (Wildman–Crippen MR) is 70.3 cm³/mol. The average Bonchev–Trinajstić information content (AvgIpc) is 2.71. The van der Waals surface area contributed by atoms with Crippen molar-refractivity contribution in [1.29, 1.82) is 0 Å². The van der Waals surface area contributed by atoms with Gasteiger partial charge < -0.3 is 9.88 Å². The molecule has 0 bridgehead atoms. The molecule has 17 heavy (non-hydrogen) atoms. The van der Waals surface area contributed by atoms with Crippen LogP contribution in [0.2, 0.25) is 0 Å². The van der Waals surface area contributed by atoms with Gasteiger partial charge in [0.25, 0.3) is 0 Å². The molecule has 2 aromatic heterocycles. The minimum Gasteiger partial charge on any atom is -0.349 e. The summed E-state index contributed by atoms with van der Waals surface area (Å²) in [6, 6.07) is 4.38. The summed E-state index contributed by atoms with van der Waals surface area (Å²) < 4.78 is 2.20. The first kappa shape index (κ1) is 10.8. The number of nitrogens with one attached hydrogen (secondary N) is 1. The van der Waals surface area contributed by atoms with E-state index < -0.39 is 0 Å². The normalized spacial score (nSPS) is 20.9. The SMILES string of the molecule is Cc1cc(C2CCCNC2)c2c(ccn2C)n1. The first-order valence-electron chi connectivity index (χ1n) is 6.39. The summed E-state index contributed by atoms with van der Waals surface area (Å²) >= 11 is 0. The summed E-state index contributed by atoms with van der Waals surface area (Å²) in [7, 11) is 2.11. The van der Waals surface area contributed by atoms with Gasteiger partial charge in [-0.25, -0.2) is 0 Å². The fraction of sp³-hybridized carbons (Fsp3) is 0.500. The molecule has 1 aliphatic heterocycles. The summed E-state index contributed by atoms with van der Waals surface area (Å²) in [4.78, 5) is 4.61. The van der Waals surface area contributed by atoms with Gasteiger partial charge in [-0.2, -0.15) is 0 Å². The first-order chi connectivity index (χ1) is 8.25. The van der Waals surface area contributed by atoms with Crippen LogP contribution in [0.3, 0.4) is 0 Å². The Balaban J connectivity index is 2.15. The third kappa shape index (κ3) is 1.84. The Morgan fingerprint density at radius 2 is 2.35 bits per heavy atom. The maximum atomic E-state index is 4.61. The number of hydrogen-bond donors (Lipinski definition) is 1. The van der Waals surface area contributed by atoms with Crippen molar-refractivity contribution in [3.8, 4) is 0 Å². The molecule has 3 heterocycles. The van der Waals surface area contributed by atoms with Crippen LogP contribution >= 0.6 is 0 Å². The molecule has 1 atom stereocenters. The zero-order chi connectivity index (χ0) is 11.8. The van der Waals surface area contributed by atoms with E-state index in [4.69, 9.17) is 0 Å². The van der Waals surface area contributed by atoms with Gasteiger partial charge in [-0.3, -0.25) is 4.98 Å². The Bertz CT molecular complexity index is 536. The number of rotatable bonds is 1. The van der Waals surface area contributed by atoms with E-state index in [-0.39, 0.29) is 0 Å². The Kier molecular flexibility index (Phi) is 2.63. The molecule has 0 spiro atoms. The highest BCUT2D eigenvalue weighted by atomic mass is 14.9. The van der Waals surface area contributed by atoms with Crippen molar-refractivity contribution in [2.45, 2.75) is 25.7 Å². The summed E-state index contributed by atoms with van der Waals surface area (Å²) in [5, 5.41) is 3.50. The fourth-order valence-electron chi connectivity index (χ4n) is 2.90. The van der Waals surface area contributed by atoms with Gasteiger partial charge in [0.05, 0.1) is 11.0 Å². The van der Waals surface area contributed by atoms with E-state index in [9.17, 15) is 0 Å². The van der Waals surface area contributed by atoms with Crippen LogP contribution in [-0.2, 0) is 7.05 Å². The van der Waals surface area contributed by atoms with Crippen LogP contribution < -0.4 is 5.32 Å². The lowest BCUT2D eigenvalue weighted by atomic mass is 9.91. The first-order valence-corrected chi connectivity index (χ1v) is 6.39. The molecule has 0 radical (unpaired) electrons. The number of aromatic nitrogens is 2. The Labute approximate surface area is 102 Å². The highest BCUT2D eigenvalue weighted by molar-refractivity contribution is 5.80. The second-order valence-corrected chi connectivity index (χ2v) is 5.06. The van der Waals surface area contributed by atoms with Crippen molar-refractivity contribution < 1.29 is 0 Å². The van der Waals surface area contributed by atoms with Crippen molar-refractivity contribution in [1.82, 2.24) is 14.9 Å². The maximum Gasteiger partial charge on any atom is 0.0886 e. The molecule has 3 heteroatoms. The van der Waals surface area contributed by atoms with E-state index >= 15 is 0 Å². The summed E-state index contributed by atoms with van der Waals surface area (Å²) in [5.74, 6) is 0.640. The van der Waals surface area contributed by atoms with Crippen LogP contribution in [0.1, 0.15) is 30.0 Å². The zero-order valence-corrected chi connectivity index (χ0v) is 10.5. The lowest BCUT2D eigenvalue weighted by Gasteiger charge is -2.24. The van der Waals surface area contributed by atoms with Gasteiger partial charge in [-0.1, -0.05) is 0 Å². The van der Waals surface area contributed by atoms with Crippen LogP contribution in [0.5, 0.6) is 0 Å². The van der Waals surface area contributed by atoms with Crippen molar-refractivity contribution >= 4 is 11.0 Å². The number of hydrogen-bond acceptors (Lipinski definition) is 2. The van der Waals surface area contributed by atoms with Gasteiger partial charge in [0.1, 0.15) is 0 Å². The standard InChI is InChI=1S/C14H19N3/c1-10-8-12(11-4-3-6-15-9-11)14-13(16-10)5-7-17(14)2/h5,7-8,11,15H,3-4,6,9H2,1-2H3. The Morgan fingerprint density at radius 1 is 1.47 bits per heavy atom. The molecule has 1 N–H and O–H groups in total. The van der Waals surface area contributed by atoms with Crippen LogP contribution in [0.15, 0.2) is 18.3 Å². The highest BCUT2D eigenvalue weighted by Crippen LogP contribution is 2.30. The average molecular weight is 229 g/mol. The minimum atomic E-state index is 0.640. The lowest BCUT2D eigenvalue weighted by Crippen LogP contribution is -2.28. The molecule has 0 saturated carbocycles. The minimum absolute atomic E-state index is 0.640. The highest BCUT2D eigenvalue weighted by Gasteiger charge is 2.19. The van der Waals surface area contributed by atoms with E-state index in [1.165, 1.54) is 23.9 Å². The van der Waals surface area contributed by atoms with E-state index in [0.717, 1.165) is 24.3 Å². The van der Waals surface area contributed by atoms with Crippen LogP contribution in [0, 0.1) is 6.92 Å². The Hall–Kier alpha value is -1.35. The molecule has 1 unspecified atom stereocenters.